The molecule has 5 heteroatoms. The topological polar surface area (TPSA) is 41.6 Å². The number of ether oxygens (including phenoxy) is 1. The first kappa shape index (κ1) is 15.5. The molecule has 4 nitrogen and oxygen atoms in total. The summed E-state index contributed by atoms with van der Waals surface area (Å²) in [4.78, 5) is 13.8. The largest absolute Gasteiger partial charge is 0.378 e. The maximum absolute atomic E-state index is 11.9. The average Bonchev–Trinajstić information content (AvgIpc) is 2.48. The van der Waals surface area contributed by atoms with Gasteiger partial charge >= 0.3 is 0 Å². The number of carbonyl (C=O) groups excluding carboxylic acids is 1. The molecule has 0 aromatic heterocycles. The Balaban J connectivity index is 1.68. The third kappa shape index (κ3) is 4.58. The number of hydrogen-bond donors (Lipinski definition) is 1. The van der Waals surface area contributed by atoms with E-state index >= 15 is 0 Å². The quantitative estimate of drug-likeness (QED) is 0.834. The number of benzene rings is 1. The molecule has 1 amide bonds. The van der Waals surface area contributed by atoms with Crippen molar-refractivity contribution in [3.05, 3.63) is 33.8 Å². The van der Waals surface area contributed by atoms with Crippen LogP contribution in [0.1, 0.15) is 17.5 Å². The molecule has 2 rings (SSSR count). The molecule has 1 aliphatic rings. The maximum atomic E-state index is 11.9. The van der Waals surface area contributed by atoms with E-state index in [1.807, 2.05) is 4.90 Å². The SMILES string of the molecule is Cc1cc(CNCCC(=O)N2CCOCC2)ccc1Br. The van der Waals surface area contributed by atoms with Crippen LogP contribution in [0, 0.1) is 6.92 Å². The Morgan fingerprint density at radius 1 is 1.40 bits per heavy atom. The molecule has 1 N–H and O–H groups in total. The van der Waals surface area contributed by atoms with Crippen LogP contribution in [0.25, 0.3) is 0 Å². The zero-order chi connectivity index (χ0) is 14.4. The van der Waals surface area contributed by atoms with Crippen LogP contribution < -0.4 is 5.32 Å². The van der Waals surface area contributed by atoms with Crippen LogP contribution in [-0.4, -0.2) is 43.7 Å². The number of amides is 1. The molecule has 0 unspecified atom stereocenters. The van der Waals surface area contributed by atoms with Gasteiger partial charge in [-0.25, -0.2) is 0 Å². The fourth-order valence-electron chi connectivity index (χ4n) is 2.22. The van der Waals surface area contributed by atoms with Crippen LogP contribution in [-0.2, 0) is 16.1 Å². The van der Waals surface area contributed by atoms with Gasteiger partial charge in [-0.1, -0.05) is 28.1 Å². The number of hydrogen-bond acceptors (Lipinski definition) is 3. The third-order valence-electron chi connectivity index (χ3n) is 3.43. The summed E-state index contributed by atoms with van der Waals surface area (Å²) < 4.78 is 6.37. The number of aryl methyl sites for hydroxylation is 1. The predicted molar refractivity (Wildman–Crippen MR) is 82.6 cm³/mol. The summed E-state index contributed by atoms with van der Waals surface area (Å²) in [6.45, 7) is 6.37. The molecule has 1 saturated heterocycles. The molecule has 0 atom stereocenters. The predicted octanol–water partition coefficient (Wildman–Crippen LogP) is 2.10. The molecular formula is C15H21BrN2O2. The number of nitrogens with one attached hydrogen (secondary N) is 1. The lowest BCUT2D eigenvalue weighted by atomic mass is 10.1. The molecule has 1 aromatic rings. The summed E-state index contributed by atoms with van der Waals surface area (Å²) >= 11 is 3.49. The fraction of sp³-hybridized carbons (Fsp3) is 0.533. The monoisotopic (exact) mass is 340 g/mol. The van der Waals surface area contributed by atoms with Crippen LogP contribution in [0.3, 0.4) is 0 Å². The van der Waals surface area contributed by atoms with Gasteiger partial charge in [0.2, 0.25) is 5.91 Å². The van der Waals surface area contributed by atoms with Gasteiger partial charge in [0.1, 0.15) is 0 Å². The molecule has 1 aromatic carbocycles. The lowest BCUT2D eigenvalue weighted by Gasteiger charge is -2.26. The van der Waals surface area contributed by atoms with E-state index < -0.39 is 0 Å². The summed E-state index contributed by atoms with van der Waals surface area (Å²) in [7, 11) is 0. The van der Waals surface area contributed by atoms with Crippen LogP contribution in [0.2, 0.25) is 0 Å². The van der Waals surface area contributed by atoms with E-state index in [1.54, 1.807) is 0 Å². The van der Waals surface area contributed by atoms with Crippen molar-refractivity contribution in [3.63, 3.8) is 0 Å². The first-order valence-electron chi connectivity index (χ1n) is 6.98. The maximum Gasteiger partial charge on any atom is 0.224 e. The molecule has 0 radical (unpaired) electrons. The van der Waals surface area contributed by atoms with Gasteiger partial charge in [0, 0.05) is 37.1 Å². The van der Waals surface area contributed by atoms with E-state index in [9.17, 15) is 4.79 Å². The minimum Gasteiger partial charge on any atom is -0.378 e. The smallest absolute Gasteiger partial charge is 0.224 e. The van der Waals surface area contributed by atoms with Gasteiger partial charge in [0.05, 0.1) is 13.2 Å². The van der Waals surface area contributed by atoms with Crippen LogP contribution in [0.4, 0.5) is 0 Å². The van der Waals surface area contributed by atoms with E-state index in [4.69, 9.17) is 4.74 Å². The van der Waals surface area contributed by atoms with E-state index in [-0.39, 0.29) is 5.91 Å². The van der Waals surface area contributed by atoms with E-state index in [0.717, 1.165) is 24.1 Å². The lowest BCUT2D eigenvalue weighted by Crippen LogP contribution is -2.41. The second-order valence-electron chi connectivity index (χ2n) is 5.00. The van der Waals surface area contributed by atoms with Gasteiger partial charge in [-0.2, -0.15) is 0 Å². The number of morpholine rings is 1. The molecular weight excluding hydrogens is 320 g/mol. The summed E-state index contributed by atoms with van der Waals surface area (Å²) in [6.07, 6.45) is 0.551. The highest BCUT2D eigenvalue weighted by Gasteiger charge is 2.15. The first-order valence-corrected chi connectivity index (χ1v) is 7.77. The Hall–Kier alpha value is -0.910. The van der Waals surface area contributed by atoms with Crippen molar-refractivity contribution in [1.82, 2.24) is 10.2 Å². The molecule has 0 saturated carbocycles. The Morgan fingerprint density at radius 2 is 2.15 bits per heavy atom. The first-order chi connectivity index (χ1) is 9.66. The van der Waals surface area contributed by atoms with Gasteiger partial charge in [0.15, 0.2) is 0 Å². The Labute approximate surface area is 128 Å². The van der Waals surface area contributed by atoms with Crippen molar-refractivity contribution in [2.45, 2.75) is 19.9 Å². The van der Waals surface area contributed by atoms with Gasteiger partial charge < -0.3 is 15.0 Å². The minimum absolute atomic E-state index is 0.216. The zero-order valence-electron chi connectivity index (χ0n) is 11.8. The van der Waals surface area contributed by atoms with Gasteiger partial charge in [-0.15, -0.1) is 0 Å². The molecule has 1 fully saturated rings. The van der Waals surface area contributed by atoms with Crippen molar-refractivity contribution < 1.29 is 9.53 Å². The highest BCUT2D eigenvalue weighted by molar-refractivity contribution is 9.10. The molecule has 1 aliphatic heterocycles. The van der Waals surface area contributed by atoms with E-state index in [0.29, 0.717) is 26.2 Å². The second kappa shape index (κ2) is 7.76. The average molecular weight is 341 g/mol. The molecule has 0 spiro atoms. The Bertz CT molecular complexity index is 459. The van der Waals surface area contributed by atoms with E-state index in [2.05, 4.69) is 46.4 Å². The molecule has 110 valence electrons. The number of carbonyl (C=O) groups is 1. The summed E-state index contributed by atoms with van der Waals surface area (Å²) in [5.41, 5.74) is 2.47. The van der Waals surface area contributed by atoms with Crippen molar-refractivity contribution in [3.8, 4) is 0 Å². The van der Waals surface area contributed by atoms with Crippen molar-refractivity contribution in [2.24, 2.45) is 0 Å². The summed E-state index contributed by atoms with van der Waals surface area (Å²) in [5.74, 6) is 0.216. The van der Waals surface area contributed by atoms with Gasteiger partial charge in [0.25, 0.3) is 0 Å². The highest BCUT2D eigenvalue weighted by atomic mass is 79.9. The van der Waals surface area contributed by atoms with Crippen LogP contribution in [0.15, 0.2) is 22.7 Å². The summed E-state index contributed by atoms with van der Waals surface area (Å²) in [5, 5.41) is 3.32. The fourth-order valence-corrected chi connectivity index (χ4v) is 2.46. The third-order valence-corrected chi connectivity index (χ3v) is 4.32. The Morgan fingerprint density at radius 3 is 2.85 bits per heavy atom. The second-order valence-corrected chi connectivity index (χ2v) is 5.86. The van der Waals surface area contributed by atoms with E-state index in [1.165, 1.54) is 11.1 Å². The molecule has 0 aliphatic carbocycles. The van der Waals surface area contributed by atoms with Crippen molar-refractivity contribution in [2.75, 3.05) is 32.8 Å². The summed E-state index contributed by atoms with van der Waals surface area (Å²) in [6, 6.07) is 6.31. The standard InChI is InChI=1S/C15H21BrN2O2/c1-12-10-13(2-3-14(12)16)11-17-5-4-15(19)18-6-8-20-9-7-18/h2-3,10,17H,4-9,11H2,1H3. The highest BCUT2D eigenvalue weighted by Crippen LogP contribution is 2.16. The minimum atomic E-state index is 0.216. The number of halogens is 1. The van der Waals surface area contributed by atoms with Gasteiger partial charge in [-0.05, 0) is 24.1 Å². The Kier molecular flexibility index (Phi) is 6.01. The van der Waals surface area contributed by atoms with Crippen LogP contribution in [0.5, 0.6) is 0 Å². The molecule has 20 heavy (non-hydrogen) atoms. The van der Waals surface area contributed by atoms with Crippen molar-refractivity contribution >= 4 is 21.8 Å². The number of rotatable bonds is 5. The van der Waals surface area contributed by atoms with Gasteiger partial charge in [-0.3, -0.25) is 4.79 Å². The molecule has 1 heterocycles. The zero-order valence-corrected chi connectivity index (χ0v) is 13.4. The lowest BCUT2D eigenvalue weighted by molar-refractivity contribution is -0.135. The molecule has 0 bridgehead atoms. The number of nitrogens with zero attached hydrogens (tertiary/aromatic N) is 1. The van der Waals surface area contributed by atoms with Crippen LogP contribution >= 0.6 is 15.9 Å². The van der Waals surface area contributed by atoms with Crippen molar-refractivity contribution in [1.29, 1.82) is 0 Å². The normalized spacial score (nSPS) is 15.4.